The van der Waals surface area contributed by atoms with Crippen LogP contribution in [0.2, 0.25) is 0 Å². The second-order valence-corrected chi connectivity index (χ2v) is 9.69. The average Bonchev–Trinajstić information content (AvgIpc) is 3.59. The summed E-state index contributed by atoms with van der Waals surface area (Å²) in [7, 11) is 0. The van der Waals surface area contributed by atoms with Crippen molar-refractivity contribution < 1.29 is 19.1 Å². The van der Waals surface area contributed by atoms with Gasteiger partial charge in [0.15, 0.2) is 11.5 Å². The van der Waals surface area contributed by atoms with Crippen LogP contribution in [0.25, 0.3) is 5.65 Å². The van der Waals surface area contributed by atoms with E-state index in [9.17, 15) is 9.59 Å². The molecule has 5 rings (SSSR count). The molecule has 1 aliphatic rings. The third-order valence-corrected chi connectivity index (χ3v) is 5.33. The van der Waals surface area contributed by atoms with Gasteiger partial charge in [0.25, 0.3) is 5.91 Å². The SMILES string of the molecule is CC(C)(C)Oc1cccc(C(=O)Nc2cccc(Oc3ccc4nc(NC(=O)C5CC5)cn4n3)c2)c1. The van der Waals surface area contributed by atoms with Crippen LogP contribution >= 0.6 is 0 Å². The highest BCUT2D eigenvalue weighted by molar-refractivity contribution is 6.04. The molecule has 0 saturated heterocycles. The Bertz CT molecular complexity index is 1440. The Kier molecular flexibility index (Phi) is 6.05. The number of hydrogen-bond donors (Lipinski definition) is 2. The number of nitrogens with one attached hydrogen (secondary N) is 2. The number of imidazole rings is 1. The lowest BCUT2D eigenvalue weighted by molar-refractivity contribution is -0.117. The van der Waals surface area contributed by atoms with Crippen molar-refractivity contribution in [3.63, 3.8) is 0 Å². The fraction of sp³-hybridized carbons (Fsp3) is 0.259. The summed E-state index contributed by atoms with van der Waals surface area (Å²) in [5, 5.41) is 10.1. The zero-order valence-corrected chi connectivity index (χ0v) is 20.3. The largest absolute Gasteiger partial charge is 0.488 e. The van der Waals surface area contributed by atoms with E-state index in [1.165, 1.54) is 0 Å². The van der Waals surface area contributed by atoms with Gasteiger partial charge in [-0.2, -0.15) is 0 Å². The predicted molar refractivity (Wildman–Crippen MR) is 136 cm³/mol. The van der Waals surface area contributed by atoms with Gasteiger partial charge >= 0.3 is 0 Å². The molecule has 1 saturated carbocycles. The molecule has 9 heteroatoms. The minimum absolute atomic E-state index is 0.0119. The highest BCUT2D eigenvalue weighted by Crippen LogP contribution is 2.30. The third-order valence-electron chi connectivity index (χ3n) is 5.33. The molecule has 0 atom stereocenters. The van der Waals surface area contributed by atoms with Gasteiger partial charge in [0.05, 0.1) is 6.20 Å². The number of amides is 2. The molecule has 2 N–H and O–H groups in total. The van der Waals surface area contributed by atoms with Crippen molar-refractivity contribution in [3.05, 3.63) is 72.4 Å². The van der Waals surface area contributed by atoms with Crippen molar-refractivity contribution in [1.29, 1.82) is 0 Å². The molecule has 4 aromatic rings. The van der Waals surface area contributed by atoms with E-state index >= 15 is 0 Å². The van der Waals surface area contributed by atoms with Crippen LogP contribution in [0, 0.1) is 5.92 Å². The van der Waals surface area contributed by atoms with Gasteiger partial charge in [-0.05, 0) is 70.0 Å². The molecule has 2 heterocycles. The Labute approximate surface area is 208 Å². The van der Waals surface area contributed by atoms with Gasteiger partial charge in [-0.25, -0.2) is 9.50 Å². The van der Waals surface area contributed by atoms with Gasteiger partial charge in [-0.3, -0.25) is 9.59 Å². The molecule has 184 valence electrons. The van der Waals surface area contributed by atoms with E-state index < -0.39 is 0 Å². The molecule has 36 heavy (non-hydrogen) atoms. The lowest BCUT2D eigenvalue weighted by Crippen LogP contribution is -2.23. The Morgan fingerprint density at radius 1 is 0.972 bits per heavy atom. The first-order valence-electron chi connectivity index (χ1n) is 11.8. The zero-order chi connectivity index (χ0) is 25.3. The number of anilines is 2. The van der Waals surface area contributed by atoms with Gasteiger partial charge < -0.3 is 20.1 Å². The fourth-order valence-corrected chi connectivity index (χ4v) is 3.57. The van der Waals surface area contributed by atoms with E-state index in [4.69, 9.17) is 9.47 Å². The second-order valence-electron chi connectivity index (χ2n) is 9.69. The van der Waals surface area contributed by atoms with E-state index in [0.717, 1.165) is 12.8 Å². The number of fused-ring (bicyclic) bond motifs is 1. The van der Waals surface area contributed by atoms with Gasteiger partial charge in [0.1, 0.15) is 17.1 Å². The first kappa shape index (κ1) is 23.3. The summed E-state index contributed by atoms with van der Waals surface area (Å²) >= 11 is 0. The summed E-state index contributed by atoms with van der Waals surface area (Å²) in [6.07, 6.45) is 3.50. The maximum absolute atomic E-state index is 12.8. The lowest BCUT2D eigenvalue weighted by atomic mass is 10.1. The molecular weight excluding hydrogens is 458 g/mol. The van der Waals surface area contributed by atoms with Crippen LogP contribution in [0.15, 0.2) is 66.9 Å². The molecule has 0 spiro atoms. The van der Waals surface area contributed by atoms with Gasteiger partial charge in [0.2, 0.25) is 11.8 Å². The highest BCUT2D eigenvalue weighted by Gasteiger charge is 2.30. The number of hydrogen-bond acceptors (Lipinski definition) is 6. The first-order valence-corrected chi connectivity index (χ1v) is 11.8. The number of aromatic nitrogens is 3. The van der Waals surface area contributed by atoms with Gasteiger partial charge in [-0.15, -0.1) is 5.10 Å². The number of rotatable bonds is 7. The lowest BCUT2D eigenvalue weighted by Gasteiger charge is -2.21. The molecule has 1 aliphatic carbocycles. The number of ether oxygens (including phenoxy) is 2. The molecule has 2 amide bonds. The van der Waals surface area contributed by atoms with Crippen LogP contribution in [-0.2, 0) is 4.79 Å². The third kappa shape index (κ3) is 5.80. The summed E-state index contributed by atoms with van der Waals surface area (Å²) in [4.78, 5) is 29.2. The Morgan fingerprint density at radius 3 is 2.53 bits per heavy atom. The Hall–Kier alpha value is -4.40. The van der Waals surface area contributed by atoms with Crippen molar-refractivity contribution >= 4 is 29.0 Å². The van der Waals surface area contributed by atoms with E-state index in [2.05, 4.69) is 20.7 Å². The molecule has 0 bridgehead atoms. The Balaban J connectivity index is 1.26. The van der Waals surface area contributed by atoms with Crippen molar-refractivity contribution in [2.75, 3.05) is 10.6 Å². The number of carbonyl (C=O) groups is 2. The van der Waals surface area contributed by atoms with Crippen LogP contribution in [-0.4, -0.2) is 32.0 Å². The van der Waals surface area contributed by atoms with E-state index in [-0.39, 0.29) is 23.3 Å². The van der Waals surface area contributed by atoms with E-state index in [1.807, 2.05) is 26.8 Å². The summed E-state index contributed by atoms with van der Waals surface area (Å²) in [5.41, 5.74) is 1.29. The van der Waals surface area contributed by atoms with Crippen molar-refractivity contribution in [2.24, 2.45) is 5.92 Å². The summed E-state index contributed by atoms with van der Waals surface area (Å²) < 4.78 is 13.3. The predicted octanol–water partition coefficient (Wildman–Crippen LogP) is 5.30. The second kappa shape index (κ2) is 9.33. The maximum atomic E-state index is 12.8. The van der Waals surface area contributed by atoms with Crippen molar-refractivity contribution in [3.8, 4) is 17.4 Å². The molecule has 1 fully saturated rings. The first-order chi connectivity index (χ1) is 17.2. The normalized spacial score (nSPS) is 13.3. The van der Waals surface area contributed by atoms with Crippen LogP contribution in [0.3, 0.4) is 0 Å². The molecule has 0 unspecified atom stereocenters. The van der Waals surface area contributed by atoms with E-state index in [1.54, 1.807) is 65.3 Å². The van der Waals surface area contributed by atoms with Crippen molar-refractivity contribution in [2.45, 2.75) is 39.2 Å². The topological polar surface area (TPSA) is 107 Å². The standard InChI is InChI=1S/C27H27N5O4/c1-27(2,3)36-21-9-4-6-18(14-21)26(34)28-19-7-5-8-20(15-19)35-24-13-12-23-29-22(16-32(23)31-24)30-25(33)17-10-11-17/h4-9,12-17H,10-11H2,1-3H3,(H,28,34)(H,30,33). The molecule has 9 nitrogen and oxygen atoms in total. The minimum atomic E-state index is -0.360. The minimum Gasteiger partial charge on any atom is -0.488 e. The van der Waals surface area contributed by atoms with Crippen LogP contribution < -0.4 is 20.1 Å². The van der Waals surface area contributed by atoms with Crippen LogP contribution in [0.4, 0.5) is 11.5 Å². The summed E-state index contributed by atoms with van der Waals surface area (Å²) in [6.45, 7) is 5.86. The van der Waals surface area contributed by atoms with Crippen LogP contribution in [0.1, 0.15) is 44.0 Å². The number of nitrogens with zero attached hydrogens (tertiary/aromatic N) is 3. The molecule has 2 aromatic carbocycles. The molecule has 0 aliphatic heterocycles. The molecular formula is C27H27N5O4. The summed E-state index contributed by atoms with van der Waals surface area (Å²) in [6, 6.07) is 17.6. The molecule has 2 aromatic heterocycles. The average molecular weight is 486 g/mol. The molecule has 0 radical (unpaired) electrons. The van der Waals surface area contributed by atoms with Crippen LogP contribution in [0.5, 0.6) is 17.4 Å². The number of benzene rings is 2. The Morgan fingerprint density at radius 2 is 1.75 bits per heavy atom. The quantitative estimate of drug-likeness (QED) is 0.368. The maximum Gasteiger partial charge on any atom is 0.255 e. The summed E-state index contributed by atoms with van der Waals surface area (Å²) in [5.74, 6) is 1.76. The fourth-order valence-electron chi connectivity index (χ4n) is 3.57. The highest BCUT2D eigenvalue weighted by atomic mass is 16.5. The monoisotopic (exact) mass is 485 g/mol. The van der Waals surface area contributed by atoms with E-state index in [0.29, 0.717) is 40.1 Å². The zero-order valence-electron chi connectivity index (χ0n) is 20.3. The van der Waals surface area contributed by atoms with Gasteiger partial charge in [-0.1, -0.05) is 12.1 Å². The van der Waals surface area contributed by atoms with Crippen molar-refractivity contribution in [1.82, 2.24) is 14.6 Å². The number of carbonyl (C=O) groups excluding carboxylic acids is 2. The van der Waals surface area contributed by atoms with Gasteiger partial charge in [0, 0.05) is 29.3 Å². The smallest absolute Gasteiger partial charge is 0.255 e.